The largest absolute Gasteiger partial charge is 0.317 e. The van der Waals surface area contributed by atoms with E-state index in [4.69, 9.17) is 0 Å². The molecule has 2 rings (SSSR count). The van der Waals surface area contributed by atoms with Crippen molar-refractivity contribution in [3.63, 3.8) is 0 Å². The molecular weight excluding hydrogens is 322 g/mol. The van der Waals surface area contributed by atoms with Crippen LogP contribution in [0.25, 0.3) is 0 Å². The predicted octanol–water partition coefficient (Wildman–Crippen LogP) is 2.24. The molecule has 1 aliphatic carbocycles. The van der Waals surface area contributed by atoms with Crippen LogP contribution in [0.3, 0.4) is 0 Å². The predicted molar refractivity (Wildman–Crippen MR) is 93.6 cm³/mol. The number of hydrogen-bond acceptors (Lipinski definition) is 3. The van der Waals surface area contributed by atoms with Crippen molar-refractivity contribution in [2.24, 2.45) is 5.92 Å². The van der Waals surface area contributed by atoms with E-state index < -0.39 is 10.2 Å². The van der Waals surface area contributed by atoms with Crippen LogP contribution in [0.1, 0.15) is 51.9 Å². The zero-order valence-electron chi connectivity index (χ0n) is 14.0. The Hall–Kier alpha value is 0.120. The van der Waals surface area contributed by atoms with E-state index in [0.29, 0.717) is 19.0 Å². The van der Waals surface area contributed by atoms with Crippen LogP contribution in [-0.2, 0) is 10.2 Å². The van der Waals surface area contributed by atoms with Crippen molar-refractivity contribution in [3.05, 3.63) is 0 Å². The van der Waals surface area contributed by atoms with Crippen molar-refractivity contribution in [1.29, 1.82) is 0 Å². The van der Waals surface area contributed by atoms with Gasteiger partial charge in [0.05, 0.1) is 0 Å². The lowest BCUT2D eigenvalue weighted by Gasteiger charge is -2.37. The fourth-order valence-corrected chi connectivity index (χ4v) is 5.13. The fraction of sp³-hybridized carbons (Fsp3) is 1.00. The molecule has 0 aromatic carbocycles. The van der Waals surface area contributed by atoms with Gasteiger partial charge in [-0.15, -0.1) is 12.4 Å². The molecule has 1 saturated carbocycles. The highest BCUT2D eigenvalue weighted by Crippen LogP contribution is 2.27. The standard InChI is InChI=1S/C15H31N3O2S.ClH/c1-3-16-13-14-9-11-18(12-10-14)21(19,20)17(2)15-7-5-4-6-8-15;/h14-16H,3-13H2,1-2H3;1H. The lowest BCUT2D eigenvalue weighted by Crippen LogP contribution is -2.50. The molecule has 1 heterocycles. The molecule has 1 saturated heterocycles. The molecule has 0 atom stereocenters. The van der Waals surface area contributed by atoms with Crippen molar-refractivity contribution >= 4 is 22.6 Å². The minimum absolute atomic E-state index is 0. The second-order valence-electron chi connectivity index (χ2n) is 6.47. The average molecular weight is 354 g/mol. The summed E-state index contributed by atoms with van der Waals surface area (Å²) in [6.07, 6.45) is 7.57. The van der Waals surface area contributed by atoms with E-state index in [1.807, 2.05) is 0 Å². The van der Waals surface area contributed by atoms with Crippen molar-refractivity contribution in [2.75, 3.05) is 33.2 Å². The van der Waals surface area contributed by atoms with Gasteiger partial charge in [-0.3, -0.25) is 0 Å². The molecule has 0 aromatic heterocycles. The van der Waals surface area contributed by atoms with Gasteiger partial charge in [0.15, 0.2) is 0 Å². The van der Waals surface area contributed by atoms with Gasteiger partial charge in [-0.25, -0.2) is 0 Å². The molecule has 0 unspecified atom stereocenters. The van der Waals surface area contributed by atoms with E-state index in [-0.39, 0.29) is 18.4 Å². The second-order valence-corrected chi connectivity index (χ2v) is 8.45. The maximum absolute atomic E-state index is 12.7. The molecule has 7 heteroatoms. The lowest BCUT2D eigenvalue weighted by atomic mass is 9.96. The highest BCUT2D eigenvalue weighted by molar-refractivity contribution is 7.86. The van der Waals surface area contributed by atoms with Crippen LogP contribution in [0.4, 0.5) is 0 Å². The molecule has 0 amide bonds. The molecule has 2 aliphatic rings. The summed E-state index contributed by atoms with van der Waals surface area (Å²) in [6, 6.07) is 0.211. The Morgan fingerprint density at radius 3 is 2.23 bits per heavy atom. The van der Waals surface area contributed by atoms with Crippen LogP contribution in [0.5, 0.6) is 0 Å². The summed E-state index contributed by atoms with van der Waals surface area (Å²) in [4.78, 5) is 0. The summed E-state index contributed by atoms with van der Waals surface area (Å²) in [5.74, 6) is 0.622. The Balaban J connectivity index is 0.00000242. The highest BCUT2D eigenvalue weighted by atomic mass is 35.5. The van der Waals surface area contributed by atoms with Crippen LogP contribution in [0, 0.1) is 5.92 Å². The Bertz CT molecular complexity index is 405. The van der Waals surface area contributed by atoms with Gasteiger partial charge in [0.2, 0.25) is 0 Å². The van der Waals surface area contributed by atoms with E-state index in [9.17, 15) is 8.42 Å². The van der Waals surface area contributed by atoms with Gasteiger partial charge in [-0.2, -0.15) is 17.0 Å². The monoisotopic (exact) mass is 353 g/mol. The van der Waals surface area contributed by atoms with Crippen LogP contribution in [0.15, 0.2) is 0 Å². The van der Waals surface area contributed by atoms with Gasteiger partial charge in [0.25, 0.3) is 10.2 Å². The molecular formula is C15H32ClN3O2S. The first-order valence-electron chi connectivity index (χ1n) is 8.49. The van der Waals surface area contributed by atoms with E-state index in [2.05, 4.69) is 12.2 Å². The first-order valence-corrected chi connectivity index (χ1v) is 9.89. The maximum atomic E-state index is 12.7. The zero-order chi connectivity index (χ0) is 15.3. The maximum Gasteiger partial charge on any atom is 0.281 e. The van der Waals surface area contributed by atoms with Crippen LogP contribution >= 0.6 is 12.4 Å². The molecule has 1 N–H and O–H groups in total. The summed E-state index contributed by atoms with van der Waals surface area (Å²) in [6.45, 7) is 5.47. The third-order valence-electron chi connectivity index (χ3n) is 5.04. The van der Waals surface area contributed by atoms with E-state index in [0.717, 1.165) is 51.6 Å². The Morgan fingerprint density at radius 1 is 1.09 bits per heavy atom. The van der Waals surface area contributed by atoms with E-state index in [1.165, 1.54) is 6.42 Å². The SMILES string of the molecule is CCNCC1CCN(S(=O)(=O)N(C)C2CCCCC2)CC1.Cl. The van der Waals surface area contributed by atoms with E-state index in [1.54, 1.807) is 15.7 Å². The van der Waals surface area contributed by atoms with Gasteiger partial charge >= 0.3 is 0 Å². The molecule has 0 bridgehead atoms. The summed E-state index contributed by atoms with van der Waals surface area (Å²) in [7, 11) is -1.49. The molecule has 22 heavy (non-hydrogen) atoms. The Labute approximate surface area is 142 Å². The van der Waals surface area contributed by atoms with Crippen molar-refractivity contribution in [2.45, 2.75) is 57.9 Å². The number of piperidine rings is 1. The van der Waals surface area contributed by atoms with Gasteiger partial charge in [0.1, 0.15) is 0 Å². The van der Waals surface area contributed by atoms with Crippen LogP contribution in [0.2, 0.25) is 0 Å². The first kappa shape index (κ1) is 20.2. The van der Waals surface area contributed by atoms with Crippen LogP contribution < -0.4 is 5.32 Å². The molecule has 0 spiro atoms. The Kier molecular flexibility index (Phi) is 8.64. The normalized spacial score (nSPS) is 22.7. The Morgan fingerprint density at radius 2 is 1.68 bits per heavy atom. The van der Waals surface area contributed by atoms with Crippen molar-refractivity contribution in [1.82, 2.24) is 13.9 Å². The van der Waals surface area contributed by atoms with Crippen LogP contribution in [-0.4, -0.2) is 56.3 Å². The quantitative estimate of drug-likeness (QED) is 0.796. The number of nitrogens with one attached hydrogen (secondary N) is 1. The first-order chi connectivity index (χ1) is 10.1. The minimum Gasteiger partial charge on any atom is -0.317 e. The summed E-state index contributed by atoms with van der Waals surface area (Å²) in [5, 5.41) is 3.37. The van der Waals surface area contributed by atoms with Crippen molar-refractivity contribution in [3.8, 4) is 0 Å². The molecule has 132 valence electrons. The highest BCUT2D eigenvalue weighted by Gasteiger charge is 2.34. The summed E-state index contributed by atoms with van der Waals surface area (Å²) < 4.78 is 28.8. The molecule has 5 nitrogen and oxygen atoms in total. The van der Waals surface area contributed by atoms with Gasteiger partial charge < -0.3 is 5.32 Å². The zero-order valence-corrected chi connectivity index (χ0v) is 15.6. The van der Waals surface area contributed by atoms with Gasteiger partial charge in [0, 0.05) is 26.2 Å². The van der Waals surface area contributed by atoms with Gasteiger partial charge in [-0.1, -0.05) is 26.2 Å². The fourth-order valence-electron chi connectivity index (χ4n) is 3.51. The number of nitrogens with zero attached hydrogens (tertiary/aromatic N) is 2. The second kappa shape index (κ2) is 9.42. The average Bonchev–Trinajstić information content (AvgIpc) is 2.53. The molecule has 0 aromatic rings. The summed E-state index contributed by atoms with van der Waals surface area (Å²) in [5.41, 5.74) is 0. The summed E-state index contributed by atoms with van der Waals surface area (Å²) >= 11 is 0. The third-order valence-corrected chi connectivity index (χ3v) is 7.08. The molecule has 0 radical (unpaired) electrons. The molecule has 2 fully saturated rings. The number of rotatable bonds is 6. The minimum atomic E-state index is -3.26. The third kappa shape index (κ3) is 5.06. The van der Waals surface area contributed by atoms with Gasteiger partial charge in [-0.05, 0) is 44.7 Å². The topological polar surface area (TPSA) is 52.7 Å². The van der Waals surface area contributed by atoms with Crippen molar-refractivity contribution < 1.29 is 8.42 Å². The number of hydrogen-bond donors (Lipinski definition) is 1. The smallest absolute Gasteiger partial charge is 0.281 e. The lowest BCUT2D eigenvalue weighted by molar-refractivity contribution is 0.229. The van der Waals surface area contributed by atoms with E-state index >= 15 is 0 Å². The number of halogens is 1. The molecule has 1 aliphatic heterocycles.